The Balaban J connectivity index is 2.73. The Kier molecular flexibility index (Phi) is 6.53. The molecule has 2 rings (SSSR count). The highest BCUT2D eigenvalue weighted by Gasteiger charge is 2.44. The van der Waals surface area contributed by atoms with E-state index in [1.165, 1.54) is 20.8 Å². The van der Waals surface area contributed by atoms with Crippen LogP contribution in [0.3, 0.4) is 0 Å². The lowest BCUT2D eigenvalue weighted by Crippen LogP contribution is -2.42. The molecule has 0 N–H and O–H groups in total. The number of ether oxygens (including phenoxy) is 4. The van der Waals surface area contributed by atoms with Crippen LogP contribution in [0.15, 0.2) is 24.8 Å². The van der Waals surface area contributed by atoms with E-state index in [1.807, 2.05) is 20.8 Å². The van der Waals surface area contributed by atoms with Crippen molar-refractivity contribution < 1.29 is 33.3 Å². The van der Waals surface area contributed by atoms with E-state index < -0.39 is 35.2 Å². The molecule has 1 aromatic rings. The smallest absolute Gasteiger partial charge is 0.308 e. The SMILES string of the molecule is C=C[C@]1(OC(C)=O)Cc2c(OC(C)=O)ccc(OC(C)=O)c2[C@@H](OC(C)(C)C)C1. The number of benzene rings is 1. The summed E-state index contributed by atoms with van der Waals surface area (Å²) in [6.45, 7) is 13.5. The van der Waals surface area contributed by atoms with Gasteiger partial charge in [-0.25, -0.2) is 0 Å². The maximum absolute atomic E-state index is 11.8. The molecule has 0 saturated carbocycles. The minimum absolute atomic E-state index is 0.202. The standard InChI is InChI=1S/C22H28O7/c1-8-22(28-15(4)25)11-16-17(26-13(2)23)9-10-18(27-14(3)24)20(16)19(12-22)29-21(5,6)7/h8-10,19H,1,11-12H2,2-7H3/t19-,22-/m0/s1. The molecule has 29 heavy (non-hydrogen) atoms. The summed E-state index contributed by atoms with van der Waals surface area (Å²) >= 11 is 0. The van der Waals surface area contributed by atoms with Gasteiger partial charge in [0.05, 0.1) is 11.7 Å². The van der Waals surface area contributed by atoms with Gasteiger partial charge in [-0.05, 0) is 39.0 Å². The molecule has 0 radical (unpaired) electrons. The third-order valence-corrected chi connectivity index (χ3v) is 4.33. The van der Waals surface area contributed by atoms with Crippen LogP contribution >= 0.6 is 0 Å². The molecule has 0 amide bonds. The van der Waals surface area contributed by atoms with E-state index in [9.17, 15) is 14.4 Å². The van der Waals surface area contributed by atoms with Crippen molar-refractivity contribution in [1.29, 1.82) is 0 Å². The van der Waals surface area contributed by atoms with Gasteiger partial charge in [0.2, 0.25) is 0 Å². The van der Waals surface area contributed by atoms with Gasteiger partial charge >= 0.3 is 17.9 Å². The van der Waals surface area contributed by atoms with Crippen LogP contribution in [0.4, 0.5) is 0 Å². The second-order valence-corrected chi connectivity index (χ2v) is 8.10. The first kappa shape index (κ1) is 22.6. The van der Waals surface area contributed by atoms with Crippen molar-refractivity contribution in [3.63, 3.8) is 0 Å². The van der Waals surface area contributed by atoms with Crippen molar-refractivity contribution >= 4 is 17.9 Å². The van der Waals surface area contributed by atoms with Gasteiger partial charge in [0.1, 0.15) is 17.1 Å². The molecule has 7 heteroatoms. The van der Waals surface area contributed by atoms with Crippen LogP contribution in [0.2, 0.25) is 0 Å². The van der Waals surface area contributed by atoms with Gasteiger partial charge in [-0.1, -0.05) is 6.58 Å². The third-order valence-electron chi connectivity index (χ3n) is 4.33. The predicted octanol–water partition coefficient (Wildman–Crippen LogP) is 3.83. The normalized spacial score (nSPS) is 21.0. The Hall–Kier alpha value is -2.67. The Morgan fingerprint density at radius 1 is 1.03 bits per heavy atom. The Morgan fingerprint density at radius 3 is 2.07 bits per heavy atom. The van der Waals surface area contributed by atoms with Crippen molar-refractivity contribution in [1.82, 2.24) is 0 Å². The van der Waals surface area contributed by atoms with Gasteiger partial charge in [-0.15, -0.1) is 0 Å². The maximum atomic E-state index is 11.8. The first-order valence-corrected chi connectivity index (χ1v) is 9.39. The summed E-state index contributed by atoms with van der Waals surface area (Å²) in [5, 5.41) is 0. The monoisotopic (exact) mass is 404 g/mol. The number of esters is 3. The van der Waals surface area contributed by atoms with Gasteiger partial charge in [0, 0.05) is 44.7 Å². The Labute approximate surface area is 171 Å². The van der Waals surface area contributed by atoms with Crippen molar-refractivity contribution in [3.8, 4) is 11.5 Å². The first-order valence-electron chi connectivity index (χ1n) is 9.39. The highest BCUT2D eigenvalue weighted by molar-refractivity contribution is 5.73. The molecule has 0 spiro atoms. The average molecular weight is 404 g/mol. The fraction of sp³-hybridized carbons (Fsp3) is 0.500. The van der Waals surface area contributed by atoms with E-state index in [4.69, 9.17) is 18.9 Å². The van der Waals surface area contributed by atoms with Crippen LogP contribution in [-0.2, 0) is 30.3 Å². The lowest BCUT2D eigenvalue weighted by molar-refractivity contribution is -0.160. The molecule has 1 aliphatic rings. The van der Waals surface area contributed by atoms with E-state index in [0.29, 0.717) is 22.6 Å². The predicted molar refractivity (Wildman–Crippen MR) is 106 cm³/mol. The number of hydrogen-bond donors (Lipinski definition) is 0. The largest absolute Gasteiger partial charge is 0.455 e. The van der Waals surface area contributed by atoms with Crippen LogP contribution < -0.4 is 9.47 Å². The Morgan fingerprint density at radius 2 is 1.59 bits per heavy atom. The van der Waals surface area contributed by atoms with Crippen LogP contribution in [-0.4, -0.2) is 29.1 Å². The highest BCUT2D eigenvalue weighted by Crippen LogP contribution is 2.49. The molecular weight excluding hydrogens is 376 g/mol. The molecule has 0 fully saturated rings. The summed E-state index contributed by atoms with van der Waals surface area (Å²) < 4.78 is 22.7. The summed E-state index contributed by atoms with van der Waals surface area (Å²) in [6, 6.07) is 3.13. The molecule has 0 bridgehead atoms. The van der Waals surface area contributed by atoms with Crippen LogP contribution in [0, 0.1) is 0 Å². The van der Waals surface area contributed by atoms with Crippen molar-refractivity contribution in [2.24, 2.45) is 0 Å². The van der Waals surface area contributed by atoms with Gasteiger partial charge < -0.3 is 18.9 Å². The summed E-state index contributed by atoms with van der Waals surface area (Å²) in [5.41, 5.74) is -0.439. The van der Waals surface area contributed by atoms with Gasteiger partial charge in [-0.2, -0.15) is 0 Å². The second-order valence-electron chi connectivity index (χ2n) is 8.10. The van der Waals surface area contributed by atoms with Crippen LogP contribution in [0.5, 0.6) is 11.5 Å². The second kappa shape index (κ2) is 8.37. The van der Waals surface area contributed by atoms with Crippen molar-refractivity contribution in [3.05, 3.63) is 35.9 Å². The topological polar surface area (TPSA) is 88.1 Å². The number of carbonyl (C=O) groups is 3. The zero-order valence-electron chi connectivity index (χ0n) is 17.8. The third kappa shape index (κ3) is 5.67. The lowest BCUT2D eigenvalue weighted by Gasteiger charge is -2.42. The van der Waals surface area contributed by atoms with E-state index >= 15 is 0 Å². The number of fused-ring (bicyclic) bond motifs is 1. The fourth-order valence-electron chi connectivity index (χ4n) is 3.53. The Bertz CT molecular complexity index is 834. The van der Waals surface area contributed by atoms with E-state index in [0.717, 1.165) is 0 Å². The molecule has 0 aliphatic heterocycles. The van der Waals surface area contributed by atoms with E-state index in [-0.39, 0.29) is 12.8 Å². The highest BCUT2D eigenvalue weighted by atomic mass is 16.6. The summed E-state index contributed by atoms with van der Waals surface area (Å²) in [7, 11) is 0. The zero-order chi connectivity index (χ0) is 22.0. The van der Waals surface area contributed by atoms with Gasteiger partial charge in [0.15, 0.2) is 0 Å². The quantitative estimate of drug-likeness (QED) is 0.419. The van der Waals surface area contributed by atoms with Gasteiger partial charge in [0.25, 0.3) is 0 Å². The average Bonchev–Trinajstić information content (AvgIpc) is 2.54. The molecule has 0 aromatic heterocycles. The molecular formula is C22H28O7. The molecule has 2 atom stereocenters. The first-order chi connectivity index (χ1) is 13.4. The van der Waals surface area contributed by atoms with Crippen molar-refractivity contribution in [2.45, 2.75) is 71.7 Å². The summed E-state index contributed by atoms with van der Waals surface area (Å²) in [6.07, 6.45) is 1.44. The minimum Gasteiger partial charge on any atom is -0.455 e. The molecule has 0 unspecified atom stereocenters. The van der Waals surface area contributed by atoms with Crippen LogP contribution in [0.25, 0.3) is 0 Å². The van der Waals surface area contributed by atoms with E-state index in [1.54, 1.807) is 18.2 Å². The van der Waals surface area contributed by atoms with Crippen LogP contribution in [0.1, 0.15) is 65.2 Å². The molecule has 1 aliphatic carbocycles. The molecule has 158 valence electrons. The number of carbonyl (C=O) groups excluding carboxylic acids is 3. The zero-order valence-corrected chi connectivity index (χ0v) is 17.8. The number of rotatable bonds is 5. The fourth-order valence-corrected chi connectivity index (χ4v) is 3.53. The maximum Gasteiger partial charge on any atom is 0.308 e. The van der Waals surface area contributed by atoms with Crippen molar-refractivity contribution in [2.75, 3.05) is 0 Å². The van der Waals surface area contributed by atoms with Gasteiger partial charge in [-0.3, -0.25) is 14.4 Å². The summed E-state index contributed by atoms with van der Waals surface area (Å²) in [4.78, 5) is 35.1. The molecule has 0 saturated heterocycles. The lowest BCUT2D eigenvalue weighted by atomic mass is 9.77. The summed E-state index contributed by atoms with van der Waals surface area (Å²) in [5.74, 6) is -0.833. The molecule has 7 nitrogen and oxygen atoms in total. The minimum atomic E-state index is -1.06. The molecule has 1 aromatic carbocycles. The van der Waals surface area contributed by atoms with E-state index in [2.05, 4.69) is 6.58 Å². The number of hydrogen-bond acceptors (Lipinski definition) is 7. The molecule has 0 heterocycles.